The number of nitrogens with zero attached hydrogens (tertiary/aromatic N) is 2. The number of nitrogens with one attached hydrogen (secondary N) is 2. The van der Waals surface area contributed by atoms with Crippen molar-refractivity contribution in [3.63, 3.8) is 0 Å². The summed E-state index contributed by atoms with van der Waals surface area (Å²) in [5.74, 6) is 0.233. The Morgan fingerprint density at radius 2 is 1.74 bits per heavy atom. The summed E-state index contributed by atoms with van der Waals surface area (Å²) in [6, 6.07) is 17.5. The number of rotatable bonds is 12. The number of benzene rings is 3. The molecule has 0 aliphatic rings. The van der Waals surface area contributed by atoms with E-state index in [0.717, 1.165) is 28.8 Å². The minimum Gasteiger partial charge on any atom is -0.493 e. The summed E-state index contributed by atoms with van der Waals surface area (Å²) in [5.41, 5.74) is 3.59. The van der Waals surface area contributed by atoms with Crippen LogP contribution in [0.3, 0.4) is 0 Å². The van der Waals surface area contributed by atoms with E-state index >= 15 is 0 Å². The minimum absolute atomic E-state index is 0. The fourth-order valence-electron chi connectivity index (χ4n) is 4.42. The van der Waals surface area contributed by atoms with E-state index in [-0.39, 0.29) is 36.5 Å². The number of amides is 3. The molecule has 1 aromatic heterocycles. The number of aryl methyl sites for hydroxylation is 1. The molecule has 0 bridgehead atoms. The van der Waals surface area contributed by atoms with Crippen molar-refractivity contribution < 1.29 is 23.9 Å². The van der Waals surface area contributed by atoms with E-state index in [2.05, 4.69) is 15.6 Å². The Labute approximate surface area is 284 Å². The lowest BCUT2D eigenvalue weighted by molar-refractivity contribution is -0.122. The molecule has 4 aromatic rings. The molecule has 3 aromatic carbocycles. The Hall–Kier alpha value is -4.31. The Morgan fingerprint density at radius 1 is 1.00 bits per heavy atom. The zero-order valence-electron chi connectivity index (χ0n) is 25.9. The van der Waals surface area contributed by atoms with Gasteiger partial charge in [-0.15, -0.1) is 12.4 Å². The van der Waals surface area contributed by atoms with Crippen molar-refractivity contribution in [3.8, 4) is 11.5 Å². The summed E-state index contributed by atoms with van der Waals surface area (Å²) in [7, 11) is 3.12. The molecule has 0 radical (unpaired) electrons. The minimum atomic E-state index is -0.453. The first-order chi connectivity index (χ1) is 21.6. The number of hydrogen-bond donors (Lipinski definition) is 2. The molecule has 4 rings (SSSR count). The SMILES string of the molecule is CCCOc1cc(C)nc2c(OCc3c(Cl)ccc(N(C)C(=O)CNC(=O)/C=C/c4ccc(C(=O)NC)cc4)c3Cl)cccc12.Cl. The summed E-state index contributed by atoms with van der Waals surface area (Å²) >= 11 is 13.3. The Morgan fingerprint density at radius 3 is 2.43 bits per heavy atom. The van der Waals surface area contributed by atoms with Crippen LogP contribution in [0.2, 0.25) is 10.0 Å². The molecule has 9 nitrogen and oxygen atoms in total. The molecule has 2 N–H and O–H groups in total. The third-order valence-electron chi connectivity index (χ3n) is 6.87. The maximum Gasteiger partial charge on any atom is 0.251 e. The van der Waals surface area contributed by atoms with Gasteiger partial charge < -0.3 is 25.0 Å². The van der Waals surface area contributed by atoms with Crippen molar-refractivity contribution in [2.75, 3.05) is 32.1 Å². The first-order valence-electron chi connectivity index (χ1n) is 14.3. The number of fused-ring (bicyclic) bond motifs is 1. The van der Waals surface area contributed by atoms with Gasteiger partial charge in [-0.25, -0.2) is 4.98 Å². The number of anilines is 1. The van der Waals surface area contributed by atoms with Crippen LogP contribution >= 0.6 is 35.6 Å². The van der Waals surface area contributed by atoms with E-state index in [0.29, 0.717) is 39.7 Å². The van der Waals surface area contributed by atoms with Gasteiger partial charge >= 0.3 is 0 Å². The van der Waals surface area contributed by atoms with Crippen LogP contribution < -0.4 is 25.0 Å². The third kappa shape index (κ3) is 8.90. The van der Waals surface area contributed by atoms with Crippen LogP contribution in [0.4, 0.5) is 5.69 Å². The number of halogens is 3. The predicted molar refractivity (Wildman–Crippen MR) is 186 cm³/mol. The van der Waals surface area contributed by atoms with E-state index in [1.165, 1.54) is 11.0 Å². The first-order valence-corrected chi connectivity index (χ1v) is 15.1. The highest BCUT2D eigenvalue weighted by atomic mass is 35.5. The molecule has 0 atom stereocenters. The number of ether oxygens (including phenoxy) is 2. The summed E-state index contributed by atoms with van der Waals surface area (Å²) in [5, 5.41) is 6.59. The number of aromatic nitrogens is 1. The van der Waals surface area contributed by atoms with E-state index in [1.54, 1.807) is 56.6 Å². The number of para-hydroxylation sites is 1. The number of carbonyl (C=O) groups excluding carboxylic acids is 3. The van der Waals surface area contributed by atoms with E-state index < -0.39 is 11.8 Å². The summed E-state index contributed by atoms with van der Waals surface area (Å²) in [6.07, 6.45) is 3.78. The summed E-state index contributed by atoms with van der Waals surface area (Å²) < 4.78 is 12.1. The average molecular weight is 686 g/mol. The third-order valence-corrected chi connectivity index (χ3v) is 7.64. The Bertz CT molecular complexity index is 1750. The molecule has 0 unspecified atom stereocenters. The van der Waals surface area contributed by atoms with Crippen LogP contribution in [0.25, 0.3) is 17.0 Å². The fraction of sp³-hybridized carbons (Fsp3) is 0.235. The second-order valence-electron chi connectivity index (χ2n) is 10.1. The van der Waals surface area contributed by atoms with Crippen LogP contribution in [-0.2, 0) is 16.2 Å². The predicted octanol–water partition coefficient (Wildman–Crippen LogP) is 6.79. The molecule has 242 valence electrons. The van der Waals surface area contributed by atoms with Crippen LogP contribution in [0, 0.1) is 6.92 Å². The molecule has 0 fully saturated rings. The van der Waals surface area contributed by atoms with Crippen LogP contribution in [0.5, 0.6) is 11.5 Å². The van der Waals surface area contributed by atoms with Gasteiger partial charge in [-0.3, -0.25) is 14.4 Å². The van der Waals surface area contributed by atoms with Crippen molar-refractivity contribution in [1.29, 1.82) is 0 Å². The molecular weight excluding hydrogens is 651 g/mol. The molecule has 0 spiro atoms. The van der Waals surface area contributed by atoms with Crippen molar-refractivity contribution in [3.05, 3.63) is 99.2 Å². The van der Waals surface area contributed by atoms with Gasteiger partial charge in [0.2, 0.25) is 11.8 Å². The average Bonchev–Trinajstić information content (AvgIpc) is 3.04. The quantitative estimate of drug-likeness (QED) is 0.159. The van der Waals surface area contributed by atoms with Crippen molar-refractivity contribution in [2.45, 2.75) is 26.9 Å². The molecular formula is C34H35Cl3N4O5. The van der Waals surface area contributed by atoms with Gasteiger partial charge in [0.25, 0.3) is 5.91 Å². The highest BCUT2D eigenvalue weighted by Crippen LogP contribution is 2.36. The van der Waals surface area contributed by atoms with E-state index in [4.69, 9.17) is 32.7 Å². The molecule has 0 aliphatic carbocycles. The largest absolute Gasteiger partial charge is 0.493 e. The first kappa shape index (κ1) is 36.2. The van der Waals surface area contributed by atoms with Crippen molar-refractivity contribution in [2.24, 2.45) is 0 Å². The zero-order valence-corrected chi connectivity index (χ0v) is 28.2. The zero-order chi connectivity index (χ0) is 32.5. The van der Waals surface area contributed by atoms with Gasteiger partial charge in [-0.2, -0.15) is 0 Å². The van der Waals surface area contributed by atoms with Crippen molar-refractivity contribution >= 4 is 76.0 Å². The topological polar surface area (TPSA) is 110 Å². The van der Waals surface area contributed by atoms with E-state index in [9.17, 15) is 14.4 Å². The molecule has 12 heteroatoms. The van der Waals surface area contributed by atoms with E-state index in [1.807, 2.05) is 38.1 Å². The number of pyridine rings is 1. The maximum absolute atomic E-state index is 13.0. The standard InChI is InChI=1S/C34H34Cl2N4O5.ClH/c1-5-17-44-29-18-21(2)39-33-24(29)7-6-8-28(33)45-20-25-26(35)14-15-27(32(25)36)40(4)31(42)19-38-30(41)16-11-22-9-12-23(13-10-22)34(43)37-3;/h6-16,18H,5,17,19-20H2,1-4H3,(H,37,43)(H,38,41);1H/b16-11+;. The van der Waals surface area contributed by atoms with Crippen LogP contribution in [0.1, 0.15) is 40.5 Å². The Balaban J connectivity index is 0.00000576. The maximum atomic E-state index is 13.0. The number of carbonyl (C=O) groups is 3. The molecule has 0 aliphatic heterocycles. The smallest absolute Gasteiger partial charge is 0.251 e. The normalized spacial score (nSPS) is 10.7. The molecule has 46 heavy (non-hydrogen) atoms. The monoisotopic (exact) mass is 684 g/mol. The lowest BCUT2D eigenvalue weighted by Gasteiger charge is -2.21. The lowest BCUT2D eigenvalue weighted by atomic mass is 10.1. The fourth-order valence-corrected chi connectivity index (χ4v) is 5.03. The summed E-state index contributed by atoms with van der Waals surface area (Å²) in [4.78, 5) is 43.0. The van der Waals surface area contributed by atoms with Gasteiger partial charge in [0.05, 0.1) is 23.9 Å². The highest BCUT2D eigenvalue weighted by Gasteiger charge is 2.20. The molecule has 0 saturated heterocycles. The van der Waals surface area contributed by atoms with Crippen LogP contribution in [-0.4, -0.2) is 50.0 Å². The van der Waals surface area contributed by atoms with Gasteiger partial charge in [0.1, 0.15) is 23.6 Å². The number of likely N-dealkylation sites (N-methyl/N-ethyl adjacent to an activating group) is 1. The second kappa shape index (κ2) is 16.8. The molecule has 1 heterocycles. The molecule has 0 saturated carbocycles. The van der Waals surface area contributed by atoms with Crippen molar-refractivity contribution in [1.82, 2.24) is 15.6 Å². The Kier molecular flexibility index (Phi) is 13.2. The highest BCUT2D eigenvalue weighted by molar-refractivity contribution is 6.38. The second-order valence-corrected chi connectivity index (χ2v) is 10.9. The van der Waals surface area contributed by atoms with Gasteiger partial charge in [-0.05, 0) is 61.4 Å². The summed E-state index contributed by atoms with van der Waals surface area (Å²) in [6.45, 7) is 4.30. The van der Waals surface area contributed by atoms with Crippen LogP contribution in [0.15, 0.2) is 66.7 Å². The van der Waals surface area contributed by atoms with Gasteiger partial charge in [0.15, 0.2) is 0 Å². The number of hydrogen-bond acceptors (Lipinski definition) is 6. The van der Waals surface area contributed by atoms with Gasteiger partial charge in [-0.1, -0.05) is 48.3 Å². The van der Waals surface area contributed by atoms with Gasteiger partial charge in [0, 0.05) is 53.5 Å². The molecule has 3 amide bonds. The lowest BCUT2D eigenvalue weighted by Crippen LogP contribution is -2.37.